The molecular formula is C18H16BrN3O2S. The number of thiophene rings is 1. The SMILES string of the molecule is O=C(C(=Cc1cc(Br)cs1)c1nc2ccccc2[nH]1)N1CCOCC1. The normalized spacial score (nSPS) is 15.7. The summed E-state index contributed by atoms with van der Waals surface area (Å²) in [5.41, 5.74) is 2.35. The molecular weight excluding hydrogens is 402 g/mol. The smallest absolute Gasteiger partial charge is 0.257 e. The van der Waals surface area contributed by atoms with Gasteiger partial charge in [0.1, 0.15) is 5.82 Å². The molecule has 3 aromatic rings. The summed E-state index contributed by atoms with van der Waals surface area (Å²) in [6.45, 7) is 2.35. The second-order valence-electron chi connectivity index (χ2n) is 5.73. The number of fused-ring (bicyclic) bond motifs is 1. The number of ether oxygens (including phenoxy) is 1. The number of H-pyrrole nitrogens is 1. The molecule has 5 nitrogen and oxygen atoms in total. The first-order valence-electron chi connectivity index (χ1n) is 7.98. The first-order valence-corrected chi connectivity index (χ1v) is 9.66. The number of carbonyl (C=O) groups is 1. The third kappa shape index (κ3) is 3.53. The fraction of sp³-hybridized carbons (Fsp3) is 0.222. The highest BCUT2D eigenvalue weighted by Crippen LogP contribution is 2.27. The summed E-state index contributed by atoms with van der Waals surface area (Å²) in [4.78, 5) is 23.8. The van der Waals surface area contributed by atoms with Crippen LogP contribution in [0.3, 0.4) is 0 Å². The third-order valence-electron chi connectivity index (χ3n) is 4.05. The number of para-hydroxylation sites is 2. The van der Waals surface area contributed by atoms with Crippen LogP contribution in [0.2, 0.25) is 0 Å². The van der Waals surface area contributed by atoms with Crippen LogP contribution in [-0.2, 0) is 9.53 Å². The fourth-order valence-corrected chi connectivity index (χ4v) is 4.17. The van der Waals surface area contributed by atoms with Crippen molar-refractivity contribution in [1.29, 1.82) is 0 Å². The minimum absolute atomic E-state index is 0.0214. The number of hydrogen-bond donors (Lipinski definition) is 1. The lowest BCUT2D eigenvalue weighted by molar-refractivity contribution is -0.128. The van der Waals surface area contributed by atoms with Gasteiger partial charge in [-0.3, -0.25) is 4.79 Å². The largest absolute Gasteiger partial charge is 0.378 e. The van der Waals surface area contributed by atoms with Crippen LogP contribution in [0.4, 0.5) is 0 Å². The van der Waals surface area contributed by atoms with Crippen LogP contribution in [0.25, 0.3) is 22.7 Å². The van der Waals surface area contributed by atoms with Crippen molar-refractivity contribution in [1.82, 2.24) is 14.9 Å². The molecule has 1 aromatic carbocycles. The van der Waals surface area contributed by atoms with E-state index in [2.05, 4.69) is 25.9 Å². The summed E-state index contributed by atoms with van der Waals surface area (Å²) in [5, 5.41) is 2.00. The van der Waals surface area contributed by atoms with E-state index in [-0.39, 0.29) is 5.91 Å². The summed E-state index contributed by atoms with van der Waals surface area (Å²) >= 11 is 5.05. The van der Waals surface area contributed by atoms with Gasteiger partial charge in [-0.05, 0) is 40.2 Å². The van der Waals surface area contributed by atoms with E-state index >= 15 is 0 Å². The summed E-state index contributed by atoms with van der Waals surface area (Å²) in [6.07, 6.45) is 1.91. The van der Waals surface area contributed by atoms with Crippen molar-refractivity contribution in [2.75, 3.05) is 26.3 Å². The Labute approximate surface area is 157 Å². The first-order chi connectivity index (χ1) is 12.2. The average Bonchev–Trinajstić information content (AvgIpc) is 3.25. The van der Waals surface area contributed by atoms with Crippen LogP contribution in [-0.4, -0.2) is 47.1 Å². The van der Waals surface area contributed by atoms with Gasteiger partial charge in [0.15, 0.2) is 0 Å². The molecule has 2 aromatic heterocycles. The predicted octanol–water partition coefficient (Wildman–Crippen LogP) is 3.79. The van der Waals surface area contributed by atoms with Crippen molar-refractivity contribution in [2.45, 2.75) is 0 Å². The van der Waals surface area contributed by atoms with Crippen LogP contribution < -0.4 is 0 Å². The number of benzene rings is 1. The van der Waals surface area contributed by atoms with Crippen LogP contribution in [0.1, 0.15) is 10.7 Å². The summed E-state index contributed by atoms with van der Waals surface area (Å²) < 4.78 is 6.37. The van der Waals surface area contributed by atoms with Crippen LogP contribution in [0.15, 0.2) is 40.2 Å². The standard InChI is InChI=1S/C18H16BrN3O2S/c19-12-9-13(25-11-12)10-14(18(23)22-5-7-24-8-6-22)17-20-15-3-1-2-4-16(15)21-17/h1-4,9-11H,5-8H2,(H,20,21). The lowest BCUT2D eigenvalue weighted by Crippen LogP contribution is -2.41. The molecule has 0 radical (unpaired) electrons. The highest BCUT2D eigenvalue weighted by Gasteiger charge is 2.24. The Kier molecular flexibility index (Phi) is 4.70. The maximum absolute atomic E-state index is 13.1. The van der Waals surface area contributed by atoms with Gasteiger partial charge in [0.2, 0.25) is 0 Å². The fourth-order valence-electron chi connectivity index (χ4n) is 2.79. The summed E-state index contributed by atoms with van der Waals surface area (Å²) in [5.74, 6) is 0.578. The number of nitrogens with zero attached hydrogens (tertiary/aromatic N) is 2. The molecule has 0 spiro atoms. The Balaban J connectivity index is 1.77. The number of aromatic nitrogens is 2. The van der Waals surface area contributed by atoms with Gasteiger partial charge >= 0.3 is 0 Å². The number of morpholine rings is 1. The van der Waals surface area contributed by atoms with Crippen molar-refractivity contribution in [3.05, 3.63) is 50.9 Å². The van der Waals surface area contributed by atoms with E-state index in [9.17, 15) is 4.79 Å². The number of nitrogens with one attached hydrogen (secondary N) is 1. The number of halogens is 1. The molecule has 1 aliphatic heterocycles. The minimum atomic E-state index is -0.0214. The van der Waals surface area contributed by atoms with Gasteiger partial charge < -0.3 is 14.6 Å². The summed E-state index contributed by atoms with van der Waals surface area (Å²) in [7, 11) is 0. The Morgan fingerprint density at radius 3 is 2.84 bits per heavy atom. The molecule has 7 heteroatoms. The van der Waals surface area contributed by atoms with E-state index in [0.29, 0.717) is 37.7 Å². The van der Waals surface area contributed by atoms with Crippen molar-refractivity contribution in [2.24, 2.45) is 0 Å². The maximum atomic E-state index is 13.1. The van der Waals surface area contributed by atoms with Gasteiger partial charge in [0.25, 0.3) is 5.91 Å². The quantitative estimate of drug-likeness (QED) is 0.659. The summed E-state index contributed by atoms with van der Waals surface area (Å²) in [6, 6.07) is 9.79. The van der Waals surface area contributed by atoms with E-state index in [0.717, 1.165) is 20.4 Å². The highest BCUT2D eigenvalue weighted by molar-refractivity contribution is 9.10. The Hall–Kier alpha value is -1.96. The van der Waals surface area contributed by atoms with E-state index in [1.807, 2.05) is 46.7 Å². The van der Waals surface area contributed by atoms with Crippen molar-refractivity contribution >= 4 is 55.9 Å². The molecule has 0 unspecified atom stereocenters. The van der Waals surface area contributed by atoms with Crippen LogP contribution in [0, 0.1) is 0 Å². The van der Waals surface area contributed by atoms with Gasteiger partial charge in [0.05, 0.1) is 29.8 Å². The lowest BCUT2D eigenvalue weighted by atomic mass is 10.1. The number of amides is 1. The van der Waals surface area contributed by atoms with E-state index in [1.54, 1.807) is 11.3 Å². The van der Waals surface area contributed by atoms with Gasteiger partial charge in [-0.25, -0.2) is 4.98 Å². The molecule has 0 saturated carbocycles. The minimum Gasteiger partial charge on any atom is -0.378 e. The zero-order chi connectivity index (χ0) is 17.2. The molecule has 128 valence electrons. The maximum Gasteiger partial charge on any atom is 0.257 e. The molecule has 0 atom stereocenters. The zero-order valence-corrected chi connectivity index (χ0v) is 15.8. The number of imidazole rings is 1. The van der Waals surface area contributed by atoms with Gasteiger partial charge in [-0.1, -0.05) is 12.1 Å². The molecule has 25 heavy (non-hydrogen) atoms. The highest BCUT2D eigenvalue weighted by atomic mass is 79.9. The second-order valence-corrected chi connectivity index (χ2v) is 7.59. The lowest BCUT2D eigenvalue weighted by Gasteiger charge is -2.27. The van der Waals surface area contributed by atoms with E-state index in [4.69, 9.17) is 4.74 Å². The van der Waals surface area contributed by atoms with Crippen molar-refractivity contribution in [3.63, 3.8) is 0 Å². The van der Waals surface area contributed by atoms with Gasteiger partial charge in [0, 0.05) is 27.8 Å². The molecule has 1 aliphatic rings. The predicted molar refractivity (Wildman–Crippen MR) is 103 cm³/mol. The van der Waals surface area contributed by atoms with Crippen LogP contribution >= 0.6 is 27.3 Å². The Morgan fingerprint density at radius 1 is 1.32 bits per heavy atom. The van der Waals surface area contributed by atoms with Gasteiger partial charge in [-0.2, -0.15) is 0 Å². The zero-order valence-electron chi connectivity index (χ0n) is 13.4. The monoisotopic (exact) mass is 417 g/mol. The third-order valence-corrected chi connectivity index (χ3v) is 5.69. The van der Waals surface area contributed by atoms with E-state index in [1.165, 1.54) is 0 Å². The number of aromatic amines is 1. The molecule has 1 saturated heterocycles. The van der Waals surface area contributed by atoms with Crippen molar-refractivity contribution < 1.29 is 9.53 Å². The van der Waals surface area contributed by atoms with Crippen molar-refractivity contribution in [3.8, 4) is 0 Å². The molecule has 1 N–H and O–H groups in total. The Bertz CT molecular complexity index is 908. The topological polar surface area (TPSA) is 58.2 Å². The number of hydrogen-bond acceptors (Lipinski definition) is 4. The average molecular weight is 418 g/mol. The Morgan fingerprint density at radius 2 is 2.12 bits per heavy atom. The molecule has 1 fully saturated rings. The molecule has 0 bridgehead atoms. The first kappa shape index (κ1) is 16.5. The van der Waals surface area contributed by atoms with Crippen LogP contribution in [0.5, 0.6) is 0 Å². The second kappa shape index (κ2) is 7.11. The van der Waals surface area contributed by atoms with E-state index < -0.39 is 0 Å². The molecule has 0 aliphatic carbocycles. The molecule has 1 amide bonds. The molecule has 4 rings (SSSR count). The van der Waals surface area contributed by atoms with Gasteiger partial charge in [-0.15, -0.1) is 11.3 Å². The molecule has 3 heterocycles. The number of rotatable bonds is 3. The number of carbonyl (C=O) groups excluding carboxylic acids is 1.